The summed E-state index contributed by atoms with van der Waals surface area (Å²) in [5, 5.41) is 16.5. The van der Waals surface area contributed by atoms with E-state index in [9.17, 15) is 0 Å². The summed E-state index contributed by atoms with van der Waals surface area (Å²) in [4.78, 5) is 4.42. The summed E-state index contributed by atoms with van der Waals surface area (Å²) < 4.78 is 4.09. The summed E-state index contributed by atoms with van der Waals surface area (Å²) in [6.45, 7) is 3.63. The van der Waals surface area contributed by atoms with Gasteiger partial charge < -0.3 is 9.88 Å². The van der Waals surface area contributed by atoms with Crippen molar-refractivity contribution >= 4 is 11.3 Å². The van der Waals surface area contributed by atoms with E-state index in [1.54, 1.807) is 6.20 Å². The molecular formula is C15H19N7. The first-order chi connectivity index (χ1) is 10.8. The van der Waals surface area contributed by atoms with E-state index in [2.05, 4.69) is 30.2 Å². The third-order valence-corrected chi connectivity index (χ3v) is 4.11. The maximum absolute atomic E-state index is 4.42. The third-order valence-electron chi connectivity index (χ3n) is 4.11. The summed E-state index contributed by atoms with van der Waals surface area (Å²) in [5.74, 6) is 2.92. The molecule has 7 nitrogen and oxygen atoms in total. The first-order valence-corrected chi connectivity index (χ1v) is 7.77. The van der Waals surface area contributed by atoms with Gasteiger partial charge in [0.1, 0.15) is 11.3 Å². The number of aryl methyl sites for hydroxylation is 2. The quantitative estimate of drug-likeness (QED) is 0.800. The van der Waals surface area contributed by atoms with Crippen molar-refractivity contribution in [3.05, 3.63) is 35.8 Å². The van der Waals surface area contributed by atoms with Crippen LogP contribution in [0.5, 0.6) is 0 Å². The Kier molecular flexibility index (Phi) is 3.25. The summed E-state index contributed by atoms with van der Waals surface area (Å²) >= 11 is 0. The molecule has 4 heterocycles. The summed E-state index contributed by atoms with van der Waals surface area (Å²) in [7, 11) is 0. The molecule has 22 heavy (non-hydrogen) atoms. The second-order valence-electron chi connectivity index (χ2n) is 5.74. The highest BCUT2D eigenvalue weighted by molar-refractivity contribution is 5.67. The van der Waals surface area contributed by atoms with Gasteiger partial charge in [0.15, 0.2) is 11.6 Å². The van der Waals surface area contributed by atoms with Crippen LogP contribution in [0.3, 0.4) is 0 Å². The Balaban J connectivity index is 1.58. The van der Waals surface area contributed by atoms with Crippen molar-refractivity contribution in [3.63, 3.8) is 0 Å². The molecule has 0 aromatic carbocycles. The Bertz CT molecular complexity index is 801. The zero-order chi connectivity index (χ0) is 14.9. The van der Waals surface area contributed by atoms with E-state index < -0.39 is 0 Å². The van der Waals surface area contributed by atoms with Gasteiger partial charge in [-0.1, -0.05) is 6.42 Å². The number of rotatable bonds is 3. The predicted octanol–water partition coefficient (Wildman–Crippen LogP) is 1.97. The van der Waals surface area contributed by atoms with Gasteiger partial charge in [-0.3, -0.25) is 0 Å². The van der Waals surface area contributed by atoms with Gasteiger partial charge in [0, 0.05) is 25.4 Å². The lowest BCUT2D eigenvalue weighted by molar-refractivity contribution is 0.610. The summed E-state index contributed by atoms with van der Waals surface area (Å²) in [6, 6.07) is 2.03. The van der Waals surface area contributed by atoms with Gasteiger partial charge in [-0.2, -0.15) is 5.10 Å². The van der Waals surface area contributed by atoms with Gasteiger partial charge in [-0.05, 0) is 25.8 Å². The van der Waals surface area contributed by atoms with Crippen LogP contribution >= 0.6 is 0 Å². The zero-order valence-electron chi connectivity index (χ0n) is 12.7. The molecule has 0 atom stereocenters. The fraction of sp³-hybridized carbons (Fsp3) is 0.467. The van der Waals surface area contributed by atoms with E-state index in [-0.39, 0.29) is 0 Å². The molecule has 3 aromatic heterocycles. The highest BCUT2D eigenvalue weighted by atomic mass is 15.3. The normalized spacial score (nSPS) is 14.8. The Morgan fingerprint density at radius 2 is 2.18 bits per heavy atom. The van der Waals surface area contributed by atoms with Crippen molar-refractivity contribution in [3.8, 4) is 0 Å². The maximum atomic E-state index is 4.42. The lowest BCUT2D eigenvalue weighted by atomic mass is 10.2. The molecule has 0 saturated heterocycles. The van der Waals surface area contributed by atoms with Crippen molar-refractivity contribution in [2.75, 3.05) is 5.32 Å². The standard InChI is InChI=1S/C15H19N7/c1-11-9-12-15(16-6-8-22(12)20-11)17-10-14-19-18-13-5-3-2-4-7-21(13)14/h6,8-9H,2-5,7,10H2,1H3,(H,16,17). The van der Waals surface area contributed by atoms with Crippen molar-refractivity contribution in [2.45, 2.75) is 45.7 Å². The molecule has 1 aliphatic rings. The van der Waals surface area contributed by atoms with Crippen LogP contribution in [-0.2, 0) is 19.5 Å². The Morgan fingerprint density at radius 3 is 3.14 bits per heavy atom. The molecule has 0 fully saturated rings. The van der Waals surface area contributed by atoms with E-state index in [0.29, 0.717) is 6.54 Å². The number of hydrogen-bond acceptors (Lipinski definition) is 5. The minimum absolute atomic E-state index is 0.629. The second kappa shape index (κ2) is 5.40. The molecule has 0 spiro atoms. The number of hydrogen-bond donors (Lipinski definition) is 1. The van der Waals surface area contributed by atoms with Crippen molar-refractivity contribution in [1.29, 1.82) is 0 Å². The average Bonchev–Trinajstić information content (AvgIpc) is 3.00. The topological polar surface area (TPSA) is 72.9 Å². The van der Waals surface area contributed by atoms with Gasteiger partial charge >= 0.3 is 0 Å². The largest absolute Gasteiger partial charge is 0.361 e. The highest BCUT2D eigenvalue weighted by Gasteiger charge is 2.15. The second-order valence-corrected chi connectivity index (χ2v) is 5.74. The molecule has 4 rings (SSSR count). The van der Waals surface area contributed by atoms with Crippen molar-refractivity contribution in [2.24, 2.45) is 0 Å². The van der Waals surface area contributed by atoms with Crippen molar-refractivity contribution < 1.29 is 0 Å². The van der Waals surface area contributed by atoms with Crippen LogP contribution < -0.4 is 5.32 Å². The van der Waals surface area contributed by atoms with E-state index in [1.807, 2.05) is 23.7 Å². The molecule has 1 aliphatic heterocycles. The van der Waals surface area contributed by atoms with Crippen LogP contribution in [0, 0.1) is 6.92 Å². The van der Waals surface area contributed by atoms with Gasteiger partial charge in [0.2, 0.25) is 0 Å². The van der Waals surface area contributed by atoms with Gasteiger partial charge in [-0.15, -0.1) is 10.2 Å². The molecule has 0 bridgehead atoms. The maximum Gasteiger partial charge on any atom is 0.152 e. The predicted molar refractivity (Wildman–Crippen MR) is 82.6 cm³/mol. The minimum Gasteiger partial charge on any atom is -0.361 e. The number of nitrogens with one attached hydrogen (secondary N) is 1. The van der Waals surface area contributed by atoms with E-state index in [0.717, 1.165) is 41.6 Å². The zero-order valence-corrected chi connectivity index (χ0v) is 12.7. The van der Waals surface area contributed by atoms with Crippen LogP contribution in [0.2, 0.25) is 0 Å². The first kappa shape index (κ1) is 13.2. The molecule has 114 valence electrons. The van der Waals surface area contributed by atoms with Crippen LogP contribution in [0.15, 0.2) is 18.5 Å². The monoisotopic (exact) mass is 297 g/mol. The first-order valence-electron chi connectivity index (χ1n) is 7.77. The Labute approximate surface area is 128 Å². The highest BCUT2D eigenvalue weighted by Crippen LogP contribution is 2.17. The Morgan fingerprint density at radius 1 is 1.23 bits per heavy atom. The van der Waals surface area contributed by atoms with Crippen LogP contribution in [0.1, 0.15) is 36.6 Å². The molecule has 0 saturated carbocycles. The lowest BCUT2D eigenvalue weighted by Gasteiger charge is -2.09. The van der Waals surface area contributed by atoms with Gasteiger partial charge in [-0.25, -0.2) is 9.50 Å². The van der Waals surface area contributed by atoms with Gasteiger partial charge in [0.25, 0.3) is 0 Å². The number of nitrogens with zero attached hydrogens (tertiary/aromatic N) is 6. The SMILES string of the molecule is Cc1cc2c(NCc3nnc4n3CCCCC4)nccn2n1. The lowest BCUT2D eigenvalue weighted by Crippen LogP contribution is -2.11. The van der Waals surface area contributed by atoms with E-state index in [4.69, 9.17) is 0 Å². The molecule has 0 aliphatic carbocycles. The minimum atomic E-state index is 0.629. The fourth-order valence-electron chi connectivity index (χ4n) is 3.02. The number of anilines is 1. The van der Waals surface area contributed by atoms with E-state index >= 15 is 0 Å². The van der Waals surface area contributed by atoms with E-state index in [1.165, 1.54) is 19.3 Å². The molecule has 3 aromatic rings. The third kappa shape index (κ3) is 2.32. The molecule has 0 unspecified atom stereocenters. The number of fused-ring (bicyclic) bond motifs is 2. The summed E-state index contributed by atoms with van der Waals surface area (Å²) in [5.41, 5.74) is 1.96. The van der Waals surface area contributed by atoms with Crippen LogP contribution in [0.4, 0.5) is 5.82 Å². The Hall–Kier alpha value is -2.44. The molecular weight excluding hydrogens is 278 g/mol. The van der Waals surface area contributed by atoms with Crippen LogP contribution in [0.25, 0.3) is 5.52 Å². The van der Waals surface area contributed by atoms with Gasteiger partial charge in [0.05, 0.1) is 12.2 Å². The fourth-order valence-corrected chi connectivity index (χ4v) is 3.02. The van der Waals surface area contributed by atoms with Crippen molar-refractivity contribution in [1.82, 2.24) is 29.4 Å². The number of aromatic nitrogens is 6. The molecule has 0 radical (unpaired) electrons. The average molecular weight is 297 g/mol. The molecule has 7 heteroatoms. The molecule has 0 amide bonds. The smallest absolute Gasteiger partial charge is 0.152 e. The van der Waals surface area contributed by atoms with Crippen LogP contribution in [-0.4, -0.2) is 29.4 Å². The summed E-state index contributed by atoms with van der Waals surface area (Å²) in [6.07, 6.45) is 8.33. The molecule has 1 N–H and O–H groups in total.